The predicted molar refractivity (Wildman–Crippen MR) is 80.3 cm³/mol. The molecule has 0 aromatic carbocycles. The summed E-state index contributed by atoms with van der Waals surface area (Å²) in [5.41, 5.74) is 1.12. The lowest BCUT2D eigenvalue weighted by Gasteiger charge is -1.99. The maximum atomic E-state index is 4.64. The van der Waals surface area contributed by atoms with E-state index in [1.54, 1.807) is 34.0 Å². The van der Waals surface area contributed by atoms with E-state index < -0.39 is 0 Å². The van der Waals surface area contributed by atoms with E-state index in [2.05, 4.69) is 50.7 Å². The van der Waals surface area contributed by atoms with Gasteiger partial charge in [0.15, 0.2) is 0 Å². The smallest absolute Gasteiger partial charge is 0.133 e. The molecule has 0 atom stereocenters. The van der Waals surface area contributed by atoms with E-state index in [4.69, 9.17) is 0 Å². The average molecular weight is 292 g/mol. The van der Waals surface area contributed by atoms with Crippen LogP contribution in [-0.4, -0.2) is 4.98 Å². The van der Waals surface area contributed by atoms with Gasteiger partial charge in [-0.3, -0.25) is 0 Å². The molecule has 92 valence electrons. The number of aromatic nitrogens is 1. The van der Waals surface area contributed by atoms with Crippen LogP contribution < -0.4 is 5.32 Å². The molecule has 0 radical (unpaired) electrons. The van der Waals surface area contributed by atoms with Gasteiger partial charge in [-0.15, -0.1) is 34.0 Å². The van der Waals surface area contributed by atoms with Crippen LogP contribution >= 0.6 is 34.0 Å². The Morgan fingerprint density at radius 3 is 2.67 bits per heavy atom. The summed E-state index contributed by atoms with van der Waals surface area (Å²) < 4.78 is 0. The molecule has 3 aromatic heterocycles. The van der Waals surface area contributed by atoms with Gasteiger partial charge in [-0.1, -0.05) is 12.1 Å². The molecule has 0 unspecified atom stereocenters. The minimum absolute atomic E-state index is 0.833. The van der Waals surface area contributed by atoms with Crippen molar-refractivity contribution in [2.75, 3.05) is 0 Å². The highest BCUT2D eigenvalue weighted by molar-refractivity contribution is 7.20. The molecule has 0 amide bonds. The molecule has 3 heterocycles. The average Bonchev–Trinajstić information content (AvgIpc) is 3.12. The van der Waals surface area contributed by atoms with E-state index in [-0.39, 0.29) is 0 Å². The van der Waals surface area contributed by atoms with Gasteiger partial charge in [-0.05, 0) is 22.9 Å². The van der Waals surface area contributed by atoms with Gasteiger partial charge in [-0.2, -0.15) is 0 Å². The zero-order valence-electron chi connectivity index (χ0n) is 9.63. The van der Waals surface area contributed by atoms with Crippen LogP contribution in [0.15, 0.2) is 40.4 Å². The third kappa shape index (κ3) is 2.87. The van der Waals surface area contributed by atoms with Crippen molar-refractivity contribution in [1.82, 2.24) is 10.3 Å². The number of hydrogen-bond acceptors (Lipinski definition) is 5. The van der Waals surface area contributed by atoms with Crippen molar-refractivity contribution in [3.63, 3.8) is 0 Å². The van der Waals surface area contributed by atoms with Crippen LogP contribution in [0.5, 0.6) is 0 Å². The Bertz CT molecular complexity index is 582. The molecule has 0 saturated carbocycles. The van der Waals surface area contributed by atoms with E-state index in [1.807, 2.05) is 0 Å². The minimum Gasteiger partial charge on any atom is -0.306 e. The first-order valence-corrected chi connectivity index (χ1v) is 8.27. The Hall–Kier alpha value is -1.01. The van der Waals surface area contributed by atoms with Crippen LogP contribution in [0.1, 0.15) is 10.6 Å². The lowest BCUT2D eigenvalue weighted by atomic mass is 10.4. The molecule has 2 nitrogen and oxygen atoms in total. The molecular formula is C13H12N2S3. The molecule has 0 bridgehead atoms. The number of nitrogens with one attached hydrogen (secondary N) is 1. The third-order valence-corrected chi connectivity index (χ3v) is 5.28. The van der Waals surface area contributed by atoms with Crippen molar-refractivity contribution in [2.45, 2.75) is 13.1 Å². The molecule has 1 N–H and O–H groups in total. The topological polar surface area (TPSA) is 24.9 Å². The van der Waals surface area contributed by atoms with E-state index in [0.29, 0.717) is 0 Å². The molecule has 0 spiro atoms. The van der Waals surface area contributed by atoms with Crippen LogP contribution in [0.2, 0.25) is 0 Å². The zero-order valence-corrected chi connectivity index (χ0v) is 12.1. The van der Waals surface area contributed by atoms with Gasteiger partial charge in [0.25, 0.3) is 0 Å². The second-order valence-corrected chi connectivity index (χ2v) is 6.64. The van der Waals surface area contributed by atoms with Crippen LogP contribution in [0.25, 0.3) is 9.88 Å². The zero-order chi connectivity index (χ0) is 12.2. The van der Waals surface area contributed by atoms with Crippen molar-refractivity contribution in [3.8, 4) is 9.88 Å². The van der Waals surface area contributed by atoms with E-state index in [9.17, 15) is 0 Å². The molecule has 3 rings (SSSR count). The Morgan fingerprint density at radius 2 is 1.89 bits per heavy atom. The minimum atomic E-state index is 0.833. The largest absolute Gasteiger partial charge is 0.306 e. The first kappa shape index (κ1) is 12.0. The molecule has 0 aliphatic rings. The fourth-order valence-corrected chi connectivity index (χ4v) is 3.94. The van der Waals surface area contributed by atoms with Crippen molar-refractivity contribution in [1.29, 1.82) is 0 Å². The molecule has 18 heavy (non-hydrogen) atoms. The van der Waals surface area contributed by atoms with Crippen LogP contribution in [0.4, 0.5) is 0 Å². The highest BCUT2D eigenvalue weighted by atomic mass is 32.1. The Labute approximate surface area is 118 Å². The number of rotatable bonds is 5. The van der Waals surface area contributed by atoms with Crippen LogP contribution in [0.3, 0.4) is 0 Å². The molecule has 0 aliphatic heterocycles. The Balaban J connectivity index is 1.57. The lowest BCUT2D eigenvalue weighted by Crippen LogP contribution is -2.11. The number of hydrogen-bond donors (Lipinski definition) is 1. The highest BCUT2D eigenvalue weighted by Crippen LogP contribution is 2.27. The van der Waals surface area contributed by atoms with Crippen LogP contribution in [0, 0.1) is 0 Å². The normalized spacial score (nSPS) is 10.9. The molecule has 0 saturated heterocycles. The van der Waals surface area contributed by atoms with E-state index >= 15 is 0 Å². The third-order valence-electron chi connectivity index (χ3n) is 2.47. The molecule has 3 aromatic rings. The van der Waals surface area contributed by atoms with Gasteiger partial charge < -0.3 is 5.32 Å². The van der Waals surface area contributed by atoms with Crippen molar-refractivity contribution >= 4 is 34.0 Å². The summed E-state index contributed by atoms with van der Waals surface area (Å²) in [6.45, 7) is 1.75. The van der Waals surface area contributed by atoms with Gasteiger partial charge >= 0.3 is 0 Å². The quantitative estimate of drug-likeness (QED) is 0.761. The Kier molecular flexibility index (Phi) is 3.85. The summed E-state index contributed by atoms with van der Waals surface area (Å²) in [5, 5.41) is 10.9. The molecular weight excluding hydrogens is 280 g/mol. The number of nitrogens with zero attached hydrogens (tertiary/aromatic N) is 1. The molecule has 0 fully saturated rings. The maximum Gasteiger partial charge on any atom is 0.133 e. The van der Waals surface area contributed by atoms with Crippen LogP contribution in [-0.2, 0) is 13.1 Å². The van der Waals surface area contributed by atoms with Gasteiger partial charge in [0, 0.05) is 23.3 Å². The van der Waals surface area contributed by atoms with Gasteiger partial charge in [0.05, 0.1) is 10.6 Å². The van der Waals surface area contributed by atoms with Gasteiger partial charge in [0.2, 0.25) is 0 Å². The lowest BCUT2D eigenvalue weighted by molar-refractivity contribution is 0.690. The summed E-state index contributed by atoms with van der Waals surface area (Å²) in [6, 6.07) is 8.41. The fourth-order valence-electron chi connectivity index (χ4n) is 1.63. The fraction of sp³-hybridized carbons (Fsp3) is 0.154. The molecule has 0 aliphatic carbocycles. The summed E-state index contributed by atoms with van der Waals surface area (Å²) >= 11 is 5.24. The summed E-state index contributed by atoms with van der Waals surface area (Å²) in [6.07, 6.45) is 0. The van der Waals surface area contributed by atoms with Crippen molar-refractivity contribution < 1.29 is 0 Å². The standard InChI is InChI=1S/C13H12N2S3/c1-3-11(16-5-1)8-14-7-10-9-18-13(15-10)12-4-2-6-17-12/h1-6,9,14H,7-8H2. The number of thiophene rings is 2. The summed E-state index contributed by atoms with van der Waals surface area (Å²) in [7, 11) is 0. The number of thiazole rings is 1. The van der Waals surface area contributed by atoms with E-state index in [0.717, 1.165) is 23.8 Å². The predicted octanol–water partition coefficient (Wildman–Crippen LogP) is 4.22. The van der Waals surface area contributed by atoms with E-state index in [1.165, 1.54) is 9.75 Å². The second kappa shape index (κ2) is 5.75. The van der Waals surface area contributed by atoms with Gasteiger partial charge in [0.1, 0.15) is 5.01 Å². The maximum absolute atomic E-state index is 4.64. The van der Waals surface area contributed by atoms with Gasteiger partial charge in [-0.25, -0.2) is 4.98 Å². The second-order valence-electron chi connectivity index (χ2n) is 3.80. The highest BCUT2D eigenvalue weighted by Gasteiger charge is 2.05. The SMILES string of the molecule is c1csc(CNCc2csc(-c3cccs3)n2)c1. The first-order valence-electron chi connectivity index (χ1n) is 5.63. The molecule has 5 heteroatoms. The summed E-state index contributed by atoms with van der Waals surface area (Å²) in [4.78, 5) is 7.26. The van der Waals surface area contributed by atoms with Crippen molar-refractivity contribution in [2.24, 2.45) is 0 Å². The van der Waals surface area contributed by atoms with Crippen molar-refractivity contribution in [3.05, 3.63) is 51.0 Å². The summed E-state index contributed by atoms with van der Waals surface area (Å²) in [5.74, 6) is 0. The first-order chi connectivity index (χ1) is 8.92. The monoisotopic (exact) mass is 292 g/mol. The Morgan fingerprint density at radius 1 is 1.00 bits per heavy atom.